The number of H-pyrrole nitrogens is 1. The van der Waals surface area contributed by atoms with E-state index in [1.54, 1.807) is 6.20 Å². The molecule has 2 aromatic heterocycles. The average molecular weight is 414 g/mol. The first kappa shape index (κ1) is 22.3. The molecule has 1 fully saturated rings. The molecule has 0 radical (unpaired) electrons. The summed E-state index contributed by atoms with van der Waals surface area (Å²) in [6.45, 7) is 5.08. The molecule has 0 unspecified atom stereocenters. The van der Waals surface area contributed by atoms with Crippen LogP contribution in [0.25, 0.3) is 11.0 Å². The Hall–Kier alpha value is -2.41. The number of aromatic amines is 1. The summed E-state index contributed by atoms with van der Waals surface area (Å²) in [5, 5.41) is 7.06. The van der Waals surface area contributed by atoms with Gasteiger partial charge < -0.3 is 15.6 Å². The molecular weight excluding hydrogens is 378 g/mol. The van der Waals surface area contributed by atoms with Crippen molar-refractivity contribution in [2.75, 3.05) is 13.6 Å². The first-order chi connectivity index (χ1) is 14.5. The summed E-state index contributed by atoms with van der Waals surface area (Å²) in [6, 6.07) is 3.21. The Balaban J connectivity index is 1.64. The number of hydrogen-bond donors (Lipinski definition) is 3. The van der Waals surface area contributed by atoms with Gasteiger partial charge in [-0.2, -0.15) is 0 Å². The van der Waals surface area contributed by atoms with Gasteiger partial charge in [0.15, 0.2) is 0 Å². The molecule has 1 aliphatic carbocycles. The van der Waals surface area contributed by atoms with E-state index in [0.717, 1.165) is 36.0 Å². The van der Waals surface area contributed by atoms with Crippen LogP contribution in [0.2, 0.25) is 0 Å². The highest BCUT2D eigenvalue weighted by Gasteiger charge is 2.28. The molecule has 0 bridgehead atoms. The van der Waals surface area contributed by atoms with E-state index in [-0.39, 0.29) is 17.9 Å². The SMILES string of the molecule is CCN(C)[C@@H](C)C(=O)N[C@@H](CC1CCCCC1)C(=O)NCc1cnc2[nH]ccc2c1. The summed E-state index contributed by atoms with van der Waals surface area (Å²) in [4.78, 5) is 35.2. The van der Waals surface area contributed by atoms with Gasteiger partial charge >= 0.3 is 0 Å². The first-order valence-corrected chi connectivity index (χ1v) is 11.2. The lowest BCUT2D eigenvalue weighted by atomic mass is 9.84. The lowest BCUT2D eigenvalue weighted by Gasteiger charge is -2.29. The molecule has 2 amide bonds. The fourth-order valence-corrected chi connectivity index (χ4v) is 4.15. The molecule has 0 aromatic carbocycles. The highest BCUT2D eigenvalue weighted by Crippen LogP contribution is 2.27. The van der Waals surface area contributed by atoms with Crippen LogP contribution >= 0.6 is 0 Å². The van der Waals surface area contributed by atoms with Crippen molar-refractivity contribution in [1.29, 1.82) is 0 Å². The second-order valence-corrected chi connectivity index (χ2v) is 8.53. The van der Waals surface area contributed by atoms with Crippen LogP contribution in [0.5, 0.6) is 0 Å². The van der Waals surface area contributed by atoms with Crippen LogP contribution in [0.3, 0.4) is 0 Å². The highest BCUT2D eigenvalue weighted by molar-refractivity contribution is 5.89. The minimum Gasteiger partial charge on any atom is -0.350 e. The number of aromatic nitrogens is 2. The summed E-state index contributed by atoms with van der Waals surface area (Å²) in [6.07, 6.45) is 10.3. The van der Waals surface area contributed by atoms with E-state index < -0.39 is 6.04 Å². The lowest BCUT2D eigenvalue weighted by Crippen LogP contribution is -2.52. The van der Waals surface area contributed by atoms with Crippen molar-refractivity contribution in [3.05, 3.63) is 30.1 Å². The molecule has 2 aromatic rings. The molecule has 3 rings (SSSR count). The standard InChI is InChI=1S/C23H35N5O2/c1-4-28(3)16(2)22(29)27-20(13-17-8-6-5-7-9-17)23(30)26-15-18-12-19-10-11-24-21(19)25-14-18/h10-12,14,16-17,20H,4-9,13,15H2,1-3H3,(H,24,25)(H,26,30)(H,27,29)/t16-,20-/m0/s1. The van der Waals surface area contributed by atoms with Crippen LogP contribution in [0, 0.1) is 5.92 Å². The van der Waals surface area contributed by atoms with Gasteiger partial charge in [0.25, 0.3) is 0 Å². The number of nitrogens with one attached hydrogen (secondary N) is 3. The molecular formula is C23H35N5O2. The zero-order valence-electron chi connectivity index (χ0n) is 18.4. The smallest absolute Gasteiger partial charge is 0.242 e. The van der Waals surface area contributed by atoms with Gasteiger partial charge in [-0.05, 0) is 50.6 Å². The average Bonchev–Trinajstić information content (AvgIpc) is 3.24. The Morgan fingerprint density at radius 1 is 1.27 bits per heavy atom. The number of fused-ring (bicyclic) bond motifs is 1. The van der Waals surface area contributed by atoms with Crippen LogP contribution < -0.4 is 10.6 Å². The zero-order valence-corrected chi connectivity index (χ0v) is 18.4. The van der Waals surface area contributed by atoms with Crippen molar-refractivity contribution in [3.63, 3.8) is 0 Å². The van der Waals surface area contributed by atoms with Crippen molar-refractivity contribution in [2.45, 2.75) is 71.0 Å². The van der Waals surface area contributed by atoms with E-state index >= 15 is 0 Å². The van der Waals surface area contributed by atoms with Crippen molar-refractivity contribution < 1.29 is 9.59 Å². The number of hydrogen-bond acceptors (Lipinski definition) is 4. The third kappa shape index (κ3) is 5.81. The Bertz CT molecular complexity index is 843. The summed E-state index contributed by atoms with van der Waals surface area (Å²) in [7, 11) is 1.92. The van der Waals surface area contributed by atoms with E-state index in [1.807, 2.05) is 44.1 Å². The van der Waals surface area contributed by atoms with Crippen LogP contribution in [0.4, 0.5) is 0 Å². The highest BCUT2D eigenvalue weighted by atomic mass is 16.2. The van der Waals surface area contributed by atoms with E-state index in [2.05, 4.69) is 20.6 Å². The Morgan fingerprint density at radius 3 is 2.77 bits per heavy atom. The molecule has 30 heavy (non-hydrogen) atoms. The van der Waals surface area contributed by atoms with Crippen molar-refractivity contribution in [3.8, 4) is 0 Å². The molecule has 1 saturated carbocycles. The molecule has 3 N–H and O–H groups in total. The quantitative estimate of drug-likeness (QED) is 0.589. The van der Waals surface area contributed by atoms with Crippen molar-refractivity contribution in [1.82, 2.24) is 25.5 Å². The summed E-state index contributed by atoms with van der Waals surface area (Å²) in [5.74, 6) is 0.284. The predicted molar refractivity (Wildman–Crippen MR) is 119 cm³/mol. The molecule has 1 aliphatic rings. The van der Waals surface area contributed by atoms with Crippen molar-refractivity contribution in [2.24, 2.45) is 5.92 Å². The van der Waals surface area contributed by atoms with Crippen LogP contribution in [0.1, 0.15) is 57.9 Å². The van der Waals surface area contributed by atoms with Gasteiger partial charge in [-0.1, -0.05) is 39.0 Å². The van der Waals surface area contributed by atoms with E-state index in [4.69, 9.17) is 0 Å². The second-order valence-electron chi connectivity index (χ2n) is 8.53. The summed E-state index contributed by atoms with van der Waals surface area (Å²) < 4.78 is 0. The molecule has 2 heterocycles. The summed E-state index contributed by atoms with van der Waals surface area (Å²) in [5.41, 5.74) is 1.78. The molecule has 2 atom stereocenters. The fourth-order valence-electron chi connectivity index (χ4n) is 4.15. The van der Waals surface area contributed by atoms with Crippen LogP contribution in [-0.4, -0.2) is 52.4 Å². The molecule has 7 nitrogen and oxygen atoms in total. The number of carbonyl (C=O) groups is 2. The molecule has 0 saturated heterocycles. The lowest BCUT2D eigenvalue weighted by molar-refractivity contribution is -0.131. The molecule has 164 valence electrons. The van der Waals surface area contributed by atoms with Gasteiger partial charge in [0.2, 0.25) is 11.8 Å². The molecule has 0 aliphatic heterocycles. The maximum absolute atomic E-state index is 13.0. The number of likely N-dealkylation sites (N-methyl/N-ethyl adjacent to an activating group) is 1. The minimum atomic E-state index is -0.503. The Kier molecular flexibility index (Phi) is 7.85. The van der Waals surface area contributed by atoms with Gasteiger partial charge in [0.05, 0.1) is 6.04 Å². The van der Waals surface area contributed by atoms with Gasteiger partial charge in [-0.3, -0.25) is 14.5 Å². The maximum atomic E-state index is 13.0. The second kappa shape index (κ2) is 10.6. The van der Waals surface area contributed by atoms with Crippen LogP contribution in [0.15, 0.2) is 24.5 Å². The number of carbonyl (C=O) groups excluding carboxylic acids is 2. The third-order valence-corrected chi connectivity index (χ3v) is 6.39. The first-order valence-electron chi connectivity index (χ1n) is 11.2. The van der Waals surface area contributed by atoms with Gasteiger partial charge in [0.1, 0.15) is 11.7 Å². The number of rotatable bonds is 9. The minimum absolute atomic E-state index is 0.0919. The Morgan fingerprint density at radius 2 is 2.03 bits per heavy atom. The zero-order chi connectivity index (χ0) is 21.5. The molecule has 7 heteroatoms. The van der Waals surface area contributed by atoms with Gasteiger partial charge in [-0.25, -0.2) is 4.98 Å². The topological polar surface area (TPSA) is 90.1 Å². The number of pyridine rings is 1. The number of nitrogens with zero attached hydrogens (tertiary/aromatic N) is 2. The van der Waals surface area contributed by atoms with Crippen molar-refractivity contribution >= 4 is 22.8 Å². The normalized spacial score (nSPS) is 17.1. The van der Waals surface area contributed by atoms with Crippen LogP contribution in [-0.2, 0) is 16.1 Å². The van der Waals surface area contributed by atoms with E-state index in [0.29, 0.717) is 18.9 Å². The molecule has 0 spiro atoms. The third-order valence-electron chi connectivity index (χ3n) is 6.39. The summed E-state index contributed by atoms with van der Waals surface area (Å²) >= 11 is 0. The monoisotopic (exact) mass is 413 g/mol. The predicted octanol–water partition coefficient (Wildman–Crippen LogP) is 2.97. The largest absolute Gasteiger partial charge is 0.350 e. The Labute approximate surface area is 179 Å². The van der Waals surface area contributed by atoms with Gasteiger partial charge in [0, 0.05) is 24.3 Å². The fraction of sp³-hybridized carbons (Fsp3) is 0.609. The maximum Gasteiger partial charge on any atom is 0.242 e. The van der Waals surface area contributed by atoms with E-state index in [9.17, 15) is 9.59 Å². The van der Waals surface area contributed by atoms with Gasteiger partial charge in [-0.15, -0.1) is 0 Å². The number of amides is 2. The van der Waals surface area contributed by atoms with E-state index in [1.165, 1.54) is 19.3 Å².